The largest absolute Gasteiger partial charge is 0.493 e. The van der Waals surface area contributed by atoms with Crippen LogP contribution in [0.3, 0.4) is 0 Å². The molecule has 2 heterocycles. The molecule has 2 aliphatic heterocycles. The number of para-hydroxylation sites is 1. The normalized spacial score (nSPS) is 23.8. The predicted molar refractivity (Wildman–Crippen MR) is 127 cm³/mol. The molecule has 2 amide bonds. The molecule has 2 saturated heterocycles. The molecule has 1 spiro atoms. The van der Waals surface area contributed by atoms with Crippen molar-refractivity contribution in [1.29, 1.82) is 0 Å². The van der Waals surface area contributed by atoms with Gasteiger partial charge in [0.05, 0.1) is 37.8 Å². The zero-order valence-electron chi connectivity index (χ0n) is 19.5. The van der Waals surface area contributed by atoms with Crippen LogP contribution in [0.1, 0.15) is 32.4 Å². The number of anilines is 1. The Bertz CT molecular complexity index is 1410. The number of nitrogens with zero attached hydrogens (tertiary/aromatic N) is 1. The van der Waals surface area contributed by atoms with Gasteiger partial charge in [0.25, 0.3) is 0 Å². The van der Waals surface area contributed by atoms with Gasteiger partial charge in [-0.15, -0.1) is 0 Å². The molecular formula is C28H21NO7. The maximum absolute atomic E-state index is 13.9. The van der Waals surface area contributed by atoms with Gasteiger partial charge in [-0.1, -0.05) is 48.5 Å². The number of fused-ring (bicyclic) bond motifs is 3. The fourth-order valence-electron chi connectivity index (χ4n) is 5.68. The van der Waals surface area contributed by atoms with Crippen LogP contribution >= 0.6 is 0 Å². The minimum atomic E-state index is -2.12. The Kier molecular flexibility index (Phi) is 4.84. The molecule has 8 heteroatoms. The highest BCUT2D eigenvalue weighted by Gasteiger charge is 2.74. The topological polar surface area (TPSA) is 99.2 Å². The minimum Gasteiger partial charge on any atom is -0.493 e. The average molecular weight is 483 g/mol. The summed E-state index contributed by atoms with van der Waals surface area (Å²) in [6, 6.07) is 19.8. The second-order valence-electron chi connectivity index (χ2n) is 8.94. The van der Waals surface area contributed by atoms with Gasteiger partial charge in [-0.2, -0.15) is 0 Å². The van der Waals surface area contributed by atoms with Crippen LogP contribution in [0.15, 0.2) is 72.8 Å². The number of hydrogen-bond acceptors (Lipinski definition) is 7. The fraction of sp³-hybridized carbons (Fsp3) is 0.214. The monoisotopic (exact) mass is 483 g/mol. The number of carbonyl (C=O) groups is 4. The van der Waals surface area contributed by atoms with Gasteiger partial charge < -0.3 is 14.2 Å². The van der Waals surface area contributed by atoms with Gasteiger partial charge in [0.1, 0.15) is 0 Å². The molecule has 2 fully saturated rings. The summed E-state index contributed by atoms with van der Waals surface area (Å²) in [5.41, 5.74) is -0.881. The minimum absolute atomic E-state index is 0.188. The Labute approximate surface area is 206 Å². The number of Topliss-reactive ketones (excluding diaryl/α,β-unsaturated/α-hetero) is 2. The van der Waals surface area contributed by atoms with Crippen molar-refractivity contribution in [1.82, 2.24) is 0 Å². The van der Waals surface area contributed by atoms with E-state index in [0.29, 0.717) is 22.7 Å². The van der Waals surface area contributed by atoms with E-state index in [-0.39, 0.29) is 11.1 Å². The lowest BCUT2D eigenvalue weighted by Gasteiger charge is -2.27. The molecule has 3 aromatic carbocycles. The van der Waals surface area contributed by atoms with E-state index >= 15 is 0 Å². The number of benzene rings is 3. The summed E-state index contributed by atoms with van der Waals surface area (Å²) >= 11 is 0. The summed E-state index contributed by atoms with van der Waals surface area (Å²) < 4.78 is 17.0. The molecule has 0 unspecified atom stereocenters. The third-order valence-corrected chi connectivity index (χ3v) is 7.27. The van der Waals surface area contributed by atoms with Crippen molar-refractivity contribution < 1.29 is 33.4 Å². The predicted octanol–water partition coefficient (Wildman–Crippen LogP) is 3.40. The number of imide groups is 1. The molecule has 36 heavy (non-hydrogen) atoms. The number of ketones is 2. The molecule has 0 saturated carbocycles. The lowest BCUT2D eigenvalue weighted by Crippen LogP contribution is -2.51. The van der Waals surface area contributed by atoms with E-state index in [9.17, 15) is 19.2 Å². The van der Waals surface area contributed by atoms with Crippen molar-refractivity contribution in [2.45, 2.75) is 11.7 Å². The second-order valence-corrected chi connectivity index (χ2v) is 8.94. The molecule has 180 valence electrons. The Balaban J connectivity index is 1.54. The van der Waals surface area contributed by atoms with Crippen molar-refractivity contribution in [3.05, 3.63) is 89.5 Å². The van der Waals surface area contributed by atoms with Crippen LogP contribution < -0.4 is 14.4 Å². The third-order valence-electron chi connectivity index (χ3n) is 7.27. The van der Waals surface area contributed by atoms with E-state index in [2.05, 4.69) is 0 Å². The maximum Gasteiger partial charge on any atom is 0.241 e. The Morgan fingerprint density at radius 1 is 0.750 bits per heavy atom. The van der Waals surface area contributed by atoms with E-state index in [1.165, 1.54) is 14.2 Å². The Morgan fingerprint density at radius 3 is 1.97 bits per heavy atom. The van der Waals surface area contributed by atoms with E-state index in [1.54, 1.807) is 72.8 Å². The van der Waals surface area contributed by atoms with Crippen LogP contribution in [-0.4, -0.2) is 43.2 Å². The SMILES string of the molecule is COc1ccc([C@H]2OC3(C(=O)c4ccccc4C3=O)[C@@H]3C(=O)N(c4ccccc4)C(=O)[C@@H]23)cc1OC. The first-order valence-corrected chi connectivity index (χ1v) is 11.4. The van der Waals surface area contributed by atoms with Crippen LogP contribution in [0.4, 0.5) is 5.69 Å². The standard InChI is InChI=1S/C28H21NO7/c1-34-19-13-12-15(14-20(19)35-2)23-21-22(27(33)29(26(21)32)16-8-4-3-5-9-16)28(36-23)24(30)17-10-6-7-11-18(17)25(28)31/h3-14,21-23H,1-2H3/t21-,22+,23-/m1/s1. The fourth-order valence-corrected chi connectivity index (χ4v) is 5.68. The highest BCUT2D eigenvalue weighted by atomic mass is 16.5. The van der Waals surface area contributed by atoms with Gasteiger partial charge in [-0.3, -0.25) is 19.2 Å². The van der Waals surface area contributed by atoms with Crippen LogP contribution in [0, 0.1) is 11.8 Å². The van der Waals surface area contributed by atoms with Crippen LogP contribution in [0.5, 0.6) is 11.5 Å². The first kappa shape index (κ1) is 22.2. The van der Waals surface area contributed by atoms with Crippen LogP contribution in [-0.2, 0) is 14.3 Å². The molecule has 3 aliphatic rings. The van der Waals surface area contributed by atoms with Crippen LogP contribution in [0.25, 0.3) is 0 Å². The zero-order valence-corrected chi connectivity index (χ0v) is 19.5. The molecule has 3 aromatic rings. The number of methoxy groups -OCH3 is 2. The highest BCUT2D eigenvalue weighted by molar-refractivity contribution is 6.37. The second kappa shape index (κ2) is 7.86. The van der Waals surface area contributed by atoms with Gasteiger partial charge in [-0.05, 0) is 29.8 Å². The summed E-state index contributed by atoms with van der Waals surface area (Å²) in [6.45, 7) is 0. The summed E-state index contributed by atoms with van der Waals surface area (Å²) in [5, 5.41) is 0. The molecule has 0 radical (unpaired) electrons. The van der Waals surface area contributed by atoms with E-state index < -0.39 is 46.9 Å². The lowest BCUT2D eigenvalue weighted by atomic mass is 9.77. The Morgan fingerprint density at radius 2 is 1.36 bits per heavy atom. The summed E-state index contributed by atoms with van der Waals surface area (Å²) in [4.78, 5) is 56.4. The molecule has 3 atom stereocenters. The van der Waals surface area contributed by atoms with Crippen molar-refractivity contribution in [3.63, 3.8) is 0 Å². The zero-order chi connectivity index (χ0) is 25.2. The van der Waals surface area contributed by atoms with Crippen molar-refractivity contribution in [2.24, 2.45) is 11.8 Å². The van der Waals surface area contributed by atoms with Crippen molar-refractivity contribution in [2.75, 3.05) is 19.1 Å². The number of rotatable bonds is 4. The molecule has 0 N–H and O–H groups in total. The molecular weight excluding hydrogens is 462 g/mol. The molecule has 0 aromatic heterocycles. The van der Waals surface area contributed by atoms with Gasteiger partial charge in [0.2, 0.25) is 29.0 Å². The van der Waals surface area contributed by atoms with E-state index in [0.717, 1.165) is 4.90 Å². The lowest BCUT2D eigenvalue weighted by molar-refractivity contribution is -0.127. The van der Waals surface area contributed by atoms with Gasteiger partial charge >= 0.3 is 0 Å². The Hall–Kier alpha value is -4.30. The summed E-state index contributed by atoms with van der Waals surface area (Å²) in [5.74, 6) is -3.90. The number of carbonyl (C=O) groups excluding carboxylic acids is 4. The number of hydrogen-bond donors (Lipinski definition) is 0. The van der Waals surface area contributed by atoms with Gasteiger partial charge in [0.15, 0.2) is 11.5 Å². The smallest absolute Gasteiger partial charge is 0.241 e. The maximum atomic E-state index is 13.9. The molecule has 1 aliphatic carbocycles. The van der Waals surface area contributed by atoms with E-state index in [1.807, 2.05) is 0 Å². The van der Waals surface area contributed by atoms with Gasteiger partial charge in [-0.25, -0.2) is 4.90 Å². The van der Waals surface area contributed by atoms with Crippen molar-refractivity contribution in [3.8, 4) is 11.5 Å². The third kappa shape index (κ3) is 2.73. The molecule has 6 rings (SSSR count). The summed E-state index contributed by atoms with van der Waals surface area (Å²) in [7, 11) is 2.97. The molecule has 8 nitrogen and oxygen atoms in total. The first-order valence-electron chi connectivity index (χ1n) is 11.4. The van der Waals surface area contributed by atoms with Gasteiger partial charge in [0, 0.05) is 11.1 Å². The first-order chi connectivity index (χ1) is 17.4. The van der Waals surface area contributed by atoms with Crippen molar-refractivity contribution >= 4 is 29.1 Å². The average Bonchev–Trinajstić information content (AvgIpc) is 3.48. The molecule has 0 bridgehead atoms. The highest BCUT2D eigenvalue weighted by Crippen LogP contribution is 2.58. The number of ether oxygens (including phenoxy) is 3. The van der Waals surface area contributed by atoms with E-state index in [4.69, 9.17) is 14.2 Å². The number of amides is 2. The summed E-state index contributed by atoms with van der Waals surface area (Å²) in [6.07, 6.45) is -1.04. The van der Waals surface area contributed by atoms with Crippen LogP contribution in [0.2, 0.25) is 0 Å². The quantitative estimate of drug-likeness (QED) is 0.414.